The number of ether oxygens (including phenoxy) is 1. The molecule has 0 bridgehead atoms. The van der Waals surface area contributed by atoms with Crippen molar-refractivity contribution < 1.29 is 14.3 Å². The number of benzene rings is 1. The van der Waals surface area contributed by atoms with E-state index in [0.717, 1.165) is 16.8 Å². The van der Waals surface area contributed by atoms with Gasteiger partial charge in [-0.2, -0.15) is 0 Å². The standard InChI is InChI=1S/C13H16N2O3/c1-15(8-13(17)18-2)7-9-3-4-11-10(5-9)6-12(16)14-11/h3-5H,6-8H2,1-2H3,(H,14,16). The lowest BCUT2D eigenvalue weighted by atomic mass is 10.1. The highest BCUT2D eigenvalue weighted by Gasteiger charge is 2.17. The Hall–Kier alpha value is -1.88. The van der Waals surface area contributed by atoms with Crippen LogP contribution in [-0.2, 0) is 27.3 Å². The Labute approximate surface area is 106 Å². The maximum Gasteiger partial charge on any atom is 0.319 e. The fraction of sp³-hybridized carbons (Fsp3) is 0.385. The van der Waals surface area contributed by atoms with Crippen LogP contribution in [0.15, 0.2) is 18.2 Å². The van der Waals surface area contributed by atoms with Gasteiger partial charge in [0.05, 0.1) is 20.1 Å². The van der Waals surface area contributed by atoms with Crippen LogP contribution < -0.4 is 5.32 Å². The summed E-state index contributed by atoms with van der Waals surface area (Å²) in [6, 6.07) is 5.86. The second-order valence-electron chi connectivity index (χ2n) is 4.46. The molecule has 1 aliphatic heterocycles. The molecule has 1 N–H and O–H groups in total. The van der Waals surface area contributed by atoms with Gasteiger partial charge in [-0.05, 0) is 24.2 Å². The third-order valence-electron chi connectivity index (χ3n) is 2.87. The van der Waals surface area contributed by atoms with Crippen molar-refractivity contribution in [3.05, 3.63) is 29.3 Å². The predicted molar refractivity (Wildman–Crippen MR) is 67.1 cm³/mol. The monoisotopic (exact) mass is 248 g/mol. The Balaban J connectivity index is 2.00. The van der Waals surface area contributed by atoms with E-state index < -0.39 is 0 Å². The fourth-order valence-corrected chi connectivity index (χ4v) is 2.03. The van der Waals surface area contributed by atoms with Gasteiger partial charge >= 0.3 is 5.97 Å². The number of esters is 1. The molecule has 5 heteroatoms. The van der Waals surface area contributed by atoms with Crippen LogP contribution in [0.25, 0.3) is 0 Å². The van der Waals surface area contributed by atoms with Gasteiger partial charge in [-0.3, -0.25) is 14.5 Å². The predicted octanol–water partition coefficient (Wildman–Crippen LogP) is 0.786. The number of nitrogens with one attached hydrogen (secondary N) is 1. The zero-order chi connectivity index (χ0) is 13.1. The Morgan fingerprint density at radius 3 is 3.00 bits per heavy atom. The van der Waals surface area contributed by atoms with E-state index in [-0.39, 0.29) is 18.4 Å². The SMILES string of the molecule is COC(=O)CN(C)Cc1ccc2c(c1)CC(=O)N2. The van der Waals surface area contributed by atoms with Crippen molar-refractivity contribution in [1.29, 1.82) is 0 Å². The quantitative estimate of drug-likeness (QED) is 0.800. The Morgan fingerprint density at radius 2 is 2.28 bits per heavy atom. The lowest BCUT2D eigenvalue weighted by Crippen LogP contribution is -2.26. The minimum absolute atomic E-state index is 0.0325. The van der Waals surface area contributed by atoms with Crippen LogP contribution in [-0.4, -0.2) is 37.5 Å². The lowest BCUT2D eigenvalue weighted by molar-refractivity contribution is -0.141. The molecule has 0 unspecified atom stereocenters. The number of rotatable bonds is 4. The molecule has 0 saturated heterocycles. The molecule has 18 heavy (non-hydrogen) atoms. The summed E-state index contributed by atoms with van der Waals surface area (Å²) in [5, 5.41) is 2.79. The average Bonchev–Trinajstić information content (AvgIpc) is 2.68. The van der Waals surface area contributed by atoms with Crippen molar-refractivity contribution in [1.82, 2.24) is 4.90 Å². The van der Waals surface area contributed by atoms with Crippen LogP contribution in [0, 0.1) is 0 Å². The molecular formula is C13H16N2O3. The van der Waals surface area contributed by atoms with E-state index in [4.69, 9.17) is 0 Å². The van der Waals surface area contributed by atoms with E-state index in [1.54, 1.807) is 0 Å². The summed E-state index contributed by atoms with van der Waals surface area (Å²) >= 11 is 0. The van der Waals surface area contributed by atoms with Gasteiger partial charge in [0.15, 0.2) is 0 Å². The van der Waals surface area contributed by atoms with Gasteiger partial charge < -0.3 is 10.1 Å². The summed E-state index contributed by atoms with van der Waals surface area (Å²) in [6.07, 6.45) is 0.434. The van der Waals surface area contributed by atoms with Crippen molar-refractivity contribution in [3.8, 4) is 0 Å². The summed E-state index contributed by atoms with van der Waals surface area (Å²) < 4.78 is 4.61. The van der Waals surface area contributed by atoms with Crippen LogP contribution in [0.4, 0.5) is 5.69 Å². The normalized spacial score (nSPS) is 13.4. The van der Waals surface area contributed by atoms with Gasteiger partial charge in [-0.25, -0.2) is 0 Å². The number of methoxy groups -OCH3 is 1. The van der Waals surface area contributed by atoms with Crippen LogP contribution >= 0.6 is 0 Å². The second kappa shape index (κ2) is 5.18. The van der Waals surface area contributed by atoms with Crippen LogP contribution in [0.1, 0.15) is 11.1 Å². The third kappa shape index (κ3) is 2.87. The summed E-state index contributed by atoms with van der Waals surface area (Å²) in [4.78, 5) is 24.2. The van der Waals surface area contributed by atoms with Crippen LogP contribution in [0.3, 0.4) is 0 Å². The molecule has 0 saturated carbocycles. The molecular weight excluding hydrogens is 232 g/mol. The topological polar surface area (TPSA) is 58.6 Å². The number of hydrogen-bond acceptors (Lipinski definition) is 4. The molecule has 0 fully saturated rings. The first kappa shape index (κ1) is 12.6. The smallest absolute Gasteiger partial charge is 0.319 e. The number of nitrogens with zero attached hydrogens (tertiary/aromatic N) is 1. The number of likely N-dealkylation sites (N-methyl/N-ethyl adjacent to an activating group) is 1. The fourth-order valence-electron chi connectivity index (χ4n) is 2.03. The van der Waals surface area contributed by atoms with Crippen LogP contribution in [0.5, 0.6) is 0 Å². The summed E-state index contributed by atoms with van der Waals surface area (Å²) in [5.74, 6) is -0.222. The number of carbonyl (C=O) groups is 2. The van der Waals surface area contributed by atoms with Crippen LogP contribution in [0.2, 0.25) is 0 Å². The molecule has 0 radical (unpaired) electrons. The Bertz CT molecular complexity index is 485. The average molecular weight is 248 g/mol. The second-order valence-corrected chi connectivity index (χ2v) is 4.46. The highest BCUT2D eigenvalue weighted by molar-refractivity contribution is 5.99. The third-order valence-corrected chi connectivity index (χ3v) is 2.87. The van der Waals surface area contributed by atoms with Crippen molar-refractivity contribution in [2.24, 2.45) is 0 Å². The summed E-state index contributed by atoms with van der Waals surface area (Å²) in [5.41, 5.74) is 2.99. The number of hydrogen-bond donors (Lipinski definition) is 1. The maximum atomic E-state index is 11.2. The van der Waals surface area contributed by atoms with Gasteiger partial charge in [0.1, 0.15) is 0 Å². The summed E-state index contributed by atoms with van der Waals surface area (Å²) in [6.45, 7) is 0.904. The highest BCUT2D eigenvalue weighted by atomic mass is 16.5. The first-order valence-electron chi connectivity index (χ1n) is 5.75. The number of carbonyl (C=O) groups excluding carboxylic acids is 2. The number of fused-ring (bicyclic) bond motifs is 1. The molecule has 5 nitrogen and oxygen atoms in total. The summed E-state index contributed by atoms with van der Waals surface area (Å²) in [7, 11) is 3.23. The van der Waals surface area contributed by atoms with E-state index in [0.29, 0.717) is 13.0 Å². The van der Waals surface area contributed by atoms with E-state index in [2.05, 4.69) is 10.1 Å². The zero-order valence-corrected chi connectivity index (χ0v) is 10.5. The molecule has 0 aliphatic carbocycles. The van der Waals surface area contributed by atoms with E-state index in [1.165, 1.54) is 7.11 Å². The Kier molecular flexibility index (Phi) is 3.62. The molecule has 0 spiro atoms. The van der Waals surface area contributed by atoms with E-state index >= 15 is 0 Å². The molecule has 1 aliphatic rings. The molecule has 2 rings (SSSR count). The van der Waals surface area contributed by atoms with Gasteiger partial charge in [-0.1, -0.05) is 12.1 Å². The minimum atomic E-state index is -0.254. The van der Waals surface area contributed by atoms with Gasteiger partial charge in [-0.15, -0.1) is 0 Å². The van der Waals surface area contributed by atoms with Gasteiger partial charge in [0.2, 0.25) is 5.91 Å². The lowest BCUT2D eigenvalue weighted by Gasteiger charge is -2.15. The van der Waals surface area contributed by atoms with E-state index in [9.17, 15) is 9.59 Å². The van der Waals surface area contributed by atoms with Crippen molar-refractivity contribution in [3.63, 3.8) is 0 Å². The molecule has 96 valence electrons. The first-order chi connectivity index (χ1) is 8.58. The Morgan fingerprint density at radius 1 is 1.50 bits per heavy atom. The first-order valence-corrected chi connectivity index (χ1v) is 5.75. The maximum absolute atomic E-state index is 11.2. The molecule has 1 amide bonds. The van der Waals surface area contributed by atoms with Gasteiger partial charge in [0.25, 0.3) is 0 Å². The van der Waals surface area contributed by atoms with Crippen molar-refractivity contribution in [2.45, 2.75) is 13.0 Å². The minimum Gasteiger partial charge on any atom is -0.468 e. The molecule has 1 aromatic carbocycles. The molecule has 0 aromatic heterocycles. The van der Waals surface area contributed by atoms with E-state index in [1.807, 2.05) is 30.1 Å². The number of anilines is 1. The zero-order valence-electron chi connectivity index (χ0n) is 10.5. The van der Waals surface area contributed by atoms with Gasteiger partial charge in [0, 0.05) is 12.2 Å². The molecule has 1 aromatic rings. The molecule has 0 atom stereocenters. The van der Waals surface area contributed by atoms with Crippen molar-refractivity contribution in [2.75, 3.05) is 26.0 Å². The highest BCUT2D eigenvalue weighted by Crippen LogP contribution is 2.24. The molecule has 1 heterocycles. The van der Waals surface area contributed by atoms with Crippen molar-refractivity contribution >= 4 is 17.6 Å². The number of amides is 1. The largest absolute Gasteiger partial charge is 0.468 e.